The molecule has 24 heavy (non-hydrogen) atoms. The highest BCUT2D eigenvalue weighted by Gasteiger charge is 2.48. The van der Waals surface area contributed by atoms with Crippen molar-refractivity contribution in [1.29, 1.82) is 0 Å². The van der Waals surface area contributed by atoms with Gasteiger partial charge in [0.25, 0.3) is 5.88 Å². The van der Waals surface area contributed by atoms with Gasteiger partial charge in [0.15, 0.2) is 0 Å². The van der Waals surface area contributed by atoms with Crippen LogP contribution in [-0.4, -0.2) is 30.3 Å². The first kappa shape index (κ1) is 17.5. The van der Waals surface area contributed by atoms with E-state index < -0.39 is 28.5 Å². The molecular weight excluding hydrogens is 316 g/mol. The Balaban J connectivity index is 2.68. The average molecular weight is 334 g/mol. The zero-order valence-electron chi connectivity index (χ0n) is 13.6. The van der Waals surface area contributed by atoms with Gasteiger partial charge in [0.05, 0.1) is 11.5 Å². The Morgan fingerprint density at radius 2 is 2.08 bits per heavy atom. The van der Waals surface area contributed by atoms with Gasteiger partial charge in [-0.2, -0.15) is 0 Å². The first-order chi connectivity index (χ1) is 11.4. The fraction of sp³-hybridized carbons (Fsp3) is 0.375. The largest absolute Gasteiger partial charge is 0.465 e. The summed E-state index contributed by atoms with van der Waals surface area (Å²) in [6.45, 7) is 2.90. The Labute approximate surface area is 138 Å². The van der Waals surface area contributed by atoms with Crippen LogP contribution in [0.1, 0.15) is 25.3 Å². The van der Waals surface area contributed by atoms with Crippen LogP contribution in [0.2, 0.25) is 0 Å². The molecule has 0 aromatic heterocycles. The van der Waals surface area contributed by atoms with E-state index in [4.69, 9.17) is 9.47 Å². The van der Waals surface area contributed by atoms with Gasteiger partial charge in [-0.05, 0) is 19.9 Å². The predicted molar refractivity (Wildman–Crippen MR) is 83.7 cm³/mol. The molecule has 2 unspecified atom stereocenters. The maximum atomic E-state index is 12.3. The molecule has 0 aliphatic carbocycles. The summed E-state index contributed by atoms with van der Waals surface area (Å²) in [5.74, 6) is -3.46. The van der Waals surface area contributed by atoms with Crippen molar-refractivity contribution in [3.63, 3.8) is 0 Å². The first-order valence-corrected chi connectivity index (χ1v) is 7.42. The Morgan fingerprint density at radius 1 is 1.42 bits per heavy atom. The normalized spacial score (nSPS) is 17.4. The number of allylic oxidation sites excluding steroid dienone is 1. The lowest BCUT2D eigenvalue weighted by atomic mass is 9.80. The van der Waals surface area contributed by atoms with Gasteiger partial charge >= 0.3 is 11.7 Å². The van der Waals surface area contributed by atoms with Crippen molar-refractivity contribution < 1.29 is 24.0 Å². The maximum absolute atomic E-state index is 12.3. The van der Waals surface area contributed by atoms with Crippen molar-refractivity contribution in [3.05, 3.63) is 51.5 Å². The topological polar surface area (TPSA) is 108 Å². The summed E-state index contributed by atoms with van der Waals surface area (Å²) in [7, 11) is 1.47. The van der Waals surface area contributed by atoms with Crippen molar-refractivity contribution >= 4 is 11.8 Å². The molecule has 1 aromatic carbocycles. The molecule has 128 valence electrons. The van der Waals surface area contributed by atoms with Crippen molar-refractivity contribution in [2.45, 2.75) is 19.8 Å². The van der Waals surface area contributed by atoms with Crippen LogP contribution in [0.15, 0.2) is 35.8 Å². The van der Waals surface area contributed by atoms with Gasteiger partial charge in [-0.3, -0.25) is 19.7 Å². The Morgan fingerprint density at radius 3 is 2.62 bits per heavy atom. The molecule has 0 saturated carbocycles. The SMILES string of the molecule is CCOC(=O)C(C(C)=O)C1C([N+](=O)[O-])=C(NC)Oc2ccccc21. The summed E-state index contributed by atoms with van der Waals surface area (Å²) in [6.07, 6.45) is 0. The average Bonchev–Trinajstić information content (AvgIpc) is 2.54. The first-order valence-electron chi connectivity index (χ1n) is 7.42. The van der Waals surface area contributed by atoms with E-state index in [2.05, 4.69) is 5.32 Å². The van der Waals surface area contributed by atoms with Crippen LogP contribution in [0.5, 0.6) is 5.75 Å². The summed E-state index contributed by atoms with van der Waals surface area (Å²) in [4.78, 5) is 35.4. The Bertz CT molecular complexity index is 712. The molecule has 0 saturated heterocycles. The lowest BCUT2D eigenvalue weighted by Gasteiger charge is -2.28. The van der Waals surface area contributed by atoms with Crippen molar-refractivity contribution in [2.75, 3.05) is 13.7 Å². The molecule has 0 spiro atoms. The second-order valence-electron chi connectivity index (χ2n) is 5.18. The summed E-state index contributed by atoms with van der Waals surface area (Å²) in [5.41, 5.74) is 0.0286. The minimum atomic E-state index is -1.32. The highest BCUT2D eigenvalue weighted by atomic mass is 16.6. The van der Waals surface area contributed by atoms with E-state index in [1.807, 2.05) is 0 Å². The number of Topliss-reactive ketones (excluding diaryl/α,β-unsaturated/α-hetero) is 1. The molecule has 8 nitrogen and oxygen atoms in total. The van der Waals surface area contributed by atoms with Gasteiger partial charge in [-0.15, -0.1) is 0 Å². The number of carbonyl (C=O) groups is 2. The number of fused-ring (bicyclic) bond motifs is 1. The number of benzene rings is 1. The maximum Gasteiger partial charge on any atom is 0.317 e. The second-order valence-corrected chi connectivity index (χ2v) is 5.18. The molecule has 1 aliphatic heterocycles. The molecular formula is C16H18N2O6. The number of nitro groups is 1. The third kappa shape index (κ3) is 3.08. The van der Waals surface area contributed by atoms with Crippen molar-refractivity contribution in [2.24, 2.45) is 5.92 Å². The molecule has 0 radical (unpaired) electrons. The molecule has 0 fully saturated rings. The number of esters is 1. The van der Waals surface area contributed by atoms with Gasteiger partial charge in [-0.25, -0.2) is 0 Å². The Hall–Kier alpha value is -2.90. The smallest absolute Gasteiger partial charge is 0.317 e. The van der Waals surface area contributed by atoms with Crippen LogP contribution in [-0.2, 0) is 14.3 Å². The number of ether oxygens (including phenoxy) is 2. The second kappa shape index (κ2) is 7.12. The number of nitrogens with zero attached hydrogens (tertiary/aromatic N) is 1. The van der Waals surface area contributed by atoms with Gasteiger partial charge in [0.1, 0.15) is 23.4 Å². The van der Waals surface area contributed by atoms with Gasteiger partial charge in [0.2, 0.25) is 0 Å². The van der Waals surface area contributed by atoms with Crippen LogP contribution < -0.4 is 10.1 Å². The van der Waals surface area contributed by atoms with E-state index in [9.17, 15) is 19.7 Å². The zero-order chi connectivity index (χ0) is 17.9. The quantitative estimate of drug-likeness (QED) is 0.364. The fourth-order valence-electron chi connectivity index (χ4n) is 2.76. The van der Waals surface area contributed by atoms with E-state index >= 15 is 0 Å². The number of nitrogens with one attached hydrogen (secondary N) is 1. The lowest BCUT2D eigenvalue weighted by molar-refractivity contribution is -0.434. The molecule has 0 amide bonds. The molecule has 1 aromatic rings. The van der Waals surface area contributed by atoms with Gasteiger partial charge in [-0.1, -0.05) is 18.2 Å². The predicted octanol–water partition coefficient (Wildman–Crippen LogP) is 1.60. The van der Waals surface area contributed by atoms with Crippen molar-refractivity contribution in [1.82, 2.24) is 5.32 Å². The van der Waals surface area contributed by atoms with E-state index in [0.29, 0.717) is 11.3 Å². The third-order valence-electron chi connectivity index (χ3n) is 3.73. The molecule has 1 heterocycles. The van der Waals surface area contributed by atoms with Crippen LogP contribution >= 0.6 is 0 Å². The number of carbonyl (C=O) groups excluding carboxylic acids is 2. The molecule has 1 N–H and O–H groups in total. The standard InChI is InChI=1S/C16H18N2O6/c1-4-23-16(20)12(9(2)19)13-10-7-5-6-8-11(10)24-15(17-3)14(13)18(21)22/h5-8,12-13,17H,4H2,1-3H3. The highest BCUT2D eigenvalue weighted by molar-refractivity contribution is 5.99. The van der Waals surface area contributed by atoms with Crippen LogP contribution in [0.25, 0.3) is 0 Å². The lowest BCUT2D eigenvalue weighted by Crippen LogP contribution is -2.37. The molecule has 8 heteroatoms. The minimum absolute atomic E-state index is 0.0733. The van der Waals surface area contributed by atoms with E-state index in [1.165, 1.54) is 14.0 Å². The summed E-state index contributed by atoms with van der Waals surface area (Å²) >= 11 is 0. The zero-order valence-corrected chi connectivity index (χ0v) is 13.6. The molecule has 0 bridgehead atoms. The fourth-order valence-corrected chi connectivity index (χ4v) is 2.76. The van der Waals surface area contributed by atoms with Crippen LogP contribution in [0.4, 0.5) is 0 Å². The number of ketones is 1. The Kier molecular flexibility index (Phi) is 5.18. The third-order valence-corrected chi connectivity index (χ3v) is 3.73. The summed E-state index contributed by atoms with van der Waals surface area (Å²) < 4.78 is 10.5. The van der Waals surface area contributed by atoms with E-state index in [0.717, 1.165) is 0 Å². The van der Waals surface area contributed by atoms with E-state index in [1.54, 1.807) is 31.2 Å². The number of para-hydroxylation sites is 1. The number of hydrogen-bond acceptors (Lipinski definition) is 7. The van der Waals surface area contributed by atoms with Crippen LogP contribution in [0.3, 0.4) is 0 Å². The van der Waals surface area contributed by atoms with Crippen LogP contribution in [0, 0.1) is 16.0 Å². The highest BCUT2D eigenvalue weighted by Crippen LogP contribution is 2.43. The number of rotatable bonds is 6. The molecule has 2 atom stereocenters. The van der Waals surface area contributed by atoms with Crippen molar-refractivity contribution in [3.8, 4) is 5.75 Å². The monoisotopic (exact) mass is 334 g/mol. The van der Waals surface area contributed by atoms with Gasteiger partial charge in [0, 0.05) is 12.6 Å². The molecule has 2 rings (SSSR count). The summed E-state index contributed by atoms with van der Waals surface area (Å²) in [5, 5.41) is 14.2. The summed E-state index contributed by atoms with van der Waals surface area (Å²) in [6, 6.07) is 6.59. The van der Waals surface area contributed by atoms with E-state index in [-0.39, 0.29) is 18.2 Å². The van der Waals surface area contributed by atoms with Gasteiger partial charge < -0.3 is 14.8 Å². The minimum Gasteiger partial charge on any atom is -0.465 e. The number of hydrogen-bond donors (Lipinski definition) is 1. The molecule has 1 aliphatic rings.